The zero-order chi connectivity index (χ0) is 8.93. The van der Waals surface area contributed by atoms with Gasteiger partial charge in [-0.25, -0.2) is 4.98 Å². The molecule has 13 heavy (non-hydrogen) atoms. The lowest BCUT2D eigenvalue weighted by atomic mass is 10.3. The van der Waals surface area contributed by atoms with Crippen molar-refractivity contribution in [2.24, 2.45) is 0 Å². The van der Waals surface area contributed by atoms with Crippen molar-refractivity contribution in [2.45, 2.75) is 18.8 Å². The van der Waals surface area contributed by atoms with E-state index in [9.17, 15) is 0 Å². The van der Waals surface area contributed by atoms with Crippen LogP contribution in [0.2, 0.25) is 0 Å². The molecule has 1 fully saturated rings. The molecule has 4 nitrogen and oxygen atoms in total. The summed E-state index contributed by atoms with van der Waals surface area (Å²) >= 11 is 0. The van der Waals surface area contributed by atoms with E-state index in [2.05, 4.69) is 19.1 Å². The Hall–Kier alpha value is -1.58. The molecule has 0 bridgehead atoms. The van der Waals surface area contributed by atoms with Gasteiger partial charge in [-0.2, -0.15) is 0 Å². The van der Waals surface area contributed by atoms with Gasteiger partial charge in [-0.05, 0) is 12.8 Å². The summed E-state index contributed by atoms with van der Waals surface area (Å²) in [7, 11) is 0. The lowest BCUT2D eigenvalue weighted by Crippen LogP contribution is -1.73. The van der Waals surface area contributed by atoms with Crippen LogP contribution in [0, 0.1) is 0 Å². The molecule has 1 aliphatic carbocycles. The maximum atomic E-state index is 4.67. The van der Waals surface area contributed by atoms with Gasteiger partial charge in [0, 0.05) is 12.0 Å². The molecule has 0 atom stereocenters. The summed E-state index contributed by atoms with van der Waals surface area (Å²) in [5, 5.41) is 3.80. The smallest absolute Gasteiger partial charge is 0.180 e. The Kier molecular flexibility index (Phi) is 2.40. The Bertz CT molecular complexity index is 294. The number of hydrogen-bond acceptors (Lipinski definition) is 4. The number of aromatic nitrogens is 2. The van der Waals surface area contributed by atoms with Gasteiger partial charge in [-0.3, -0.25) is 0 Å². The lowest BCUT2D eigenvalue weighted by molar-refractivity contribution is 0.412. The molecule has 68 valence electrons. The van der Waals surface area contributed by atoms with E-state index in [-0.39, 0.29) is 0 Å². The fourth-order valence-electron chi connectivity index (χ4n) is 0.987. The summed E-state index contributed by atoms with van der Waals surface area (Å²) in [5.41, 5.74) is 1.13. The van der Waals surface area contributed by atoms with Gasteiger partial charge in [0.2, 0.25) is 0 Å². The van der Waals surface area contributed by atoms with Crippen LogP contribution < -0.4 is 0 Å². The maximum absolute atomic E-state index is 4.67. The summed E-state index contributed by atoms with van der Waals surface area (Å²) in [6.45, 7) is 0. The first-order valence-corrected chi connectivity index (χ1v) is 4.19. The average molecular weight is 178 g/mol. The van der Waals surface area contributed by atoms with Crippen LogP contribution in [-0.2, 0) is 0 Å². The first-order chi connectivity index (χ1) is 6.47. The average Bonchev–Trinajstić information content (AvgIpc) is 2.75. The third kappa shape index (κ3) is 2.43. The topological polar surface area (TPSA) is 52.1 Å². The highest BCUT2D eigenvalue weighted by atomic mass is 16.5. The first kappa shape index (κ1) is 8.04. The second-order valence-corrected chi connectivity index (χ2v) is 2.87. The van der Waals surface area contributed by atoms with Crippen LogP contribution in [0.25, 0.3) is 0 Å². The van der Waals surface area contributed by atoms with Gasteiger partial charge >= 0.3 is 0 Å². The van der Waals surface area contributed by atoms with Crippen molar-refractivity contribution in [1.82, 2.24) is 10.1 Å². The minimum atomic E-state index is 0.730. The number of nitrogens with zero attached hydrogens (tertiary/aromatic N) is 2. The largest absolute Gasteiger partial charge is 0.452 e. The van der Waals surface area contributed by atoms with Crippen LogP contribution in [0.15, 0.2) is 40.1 Å². The first-order valence-electron chi connectivity index (χ1n) is 4.19. The van der Waals surface area contributed by atoms with Crippen molar-refractivity contribution >= 4 is 0 Å². The molecule has 0 spiro atoms. The standard InChI is InChI=1S/C6H7NO.C3H3NO/c1-2-5(1)6-3-4-8-7-6;1-2-5-3-4-1/h3-5H,1-2H2;1-3H. The summed E-state index contributed by atoms with van der Waals surface area (Å²) < 4.78 is 9.14. The number of rotatable bonds is 1. The Balaban J connectivity index is 0.000000113. The molecule has 0 unspecified atom stereocenters. The van der Waals surface area contributed by atoms with Crippen molar-refractivity contribution in [2.75, 3.05) is 0 Å². The normalized spacial score (nSPS) is 14.8. The molecule has 0 N–H and O–H groups in total. The van der Waals surface area contributed by atoms with Gasteiger partial charge < -0.3 is 8.94 Å². The van der Waals surface area contributed by atoms with Crippen molar-refractivity contribution in [3.63, 3.8) is 0 Å². The molecular formula is C9H10N2O2. The molecule has 0 radical (unpaired) electrons. The Labute approximate surface area is 75.6 Å². The predicted molar refractivity (Wildman–Crippen MR) is 45.0 cm³/mol. The fraction of sp³-hybridized carbons (Fsp3) is 0.333. The van der Waals surface area contributed by atoms with Gasteiger partial charge in [0.15, 0.2) is 6.39 Å². The van der Waals surface area contributed by atoms with Crippen molar-refractivity contribution in [3.05, 3.63) is 36.9 Å². The molecule has 4 heteroatoms. The molecular weight excluding hydrogens is 168 g/mol. The van der Waals surface area contributed by atoms with Gasteiger partial charge in [-0.1, -0.05) is 5.16 Å². The van der Waals surface area contributed by atoms with Gasteiger partial charge in [-0.15, -0.1) is 0 Å². The summed E-state index contributed by atoms with van der Waals surface area (Å²) in [6.07, 6.45) is 8.70. The number of oxazole rings is 1. The van der Waals surface area contributed by atoms with Crippen LogP contribution in [0.4, 0.5) is 0 Å². The van der Waals surface area contributed by atoms with E-state index in [0.717, 1.165) is 11.6 Å². The SMILES string of the molecule is c1cc(C2CC2)no1.c1cocn1. The Morgan fingerprint density at radius 3 is 2.62 bits per heavy atom. The van der Waals surface area contributed by atoms with Gasteiger partial charge in [0.25, 0.3) is 0 Å². The van der Waals surface area contributed by atoms with E-state index in [0.29, 0.717) is 0 Å². The summed E-state index contributed by atoms with van der Waals surface area (Å²) in [5.74, 6) is 0.730. The molecule has 0 aliphatic heterocycles. The third-order valence-electron chi connectivity index (χ3n) is 1.80. The Morgan fingerprint density at radius 1 is 1.31 bits per heavy atom. The molecule has 0 amide bonds. The van der Waals surface area contributed by atoms with Gasteiger partial charge in [0.1, 0.15) is 12.5 Å². The maximum Gasteiger partial charge on any atom is 0.180 e. The van der Waals surface area contributed by atoms with Crippen LogP contribution in [0.3, 0.4) is 0 Å². The highest BCUT2D eigenvalue weighted by Crippen LogP contribution is 2.38. The van der Waals surface area contributed by atoms with Crippen LogP contribution in [-0.4, -0.2) is 10.1 Å². The van der Waals surface area contributed by atoms with E-state index in [1.807, 2.05) is 6.07 Å². The fourth-order valence-corrected chi connectivity index (χ4v) is 0.987. The molecule has 2 aromatic rings. The van der Waals surface area contributed by atoms with Crippen molar-refractivity contribution < 1.29 is 8.94 Å². The molecule has 0 saturated heterocycles. The third-order valence-corrected chi connectivity index (χ3v) is 1.80. The lowest BCUT2D eigenvalue weighted by Gasteiger charge is -1.78. The quantitative estimate of drug-likeness (QED) is 0.671. The summed E-state index contributed by atoms with van der Waals surface area (Å²) in [6, 6.07) is 1.94. The monoisotopic (exact) mass is 178 g/mol. The van der Waals surface area contributed by atoms with E-state index in [1.165, 1.54) is 25.5 Å². The molecule has 0 aromatic carbocycles. The number of hydrogen-bond donors (Lipinski definition) is 0. The van der Waals surface area contributed by atoms with Crippen LogP contribution in [0.1, 0.15) is 24.5 Å². The zero-order valence-corrected chi connectivity index (χ0v) is 7.09. The highest BCUT2D eigenvalue weighted by Gasteiger charge is 2.25. The predicted octanol–water partition coefficient (Wildman–Crippen LogP) is 2.23. The second kappa shape index (κ2) is 3.89. The zero-order valence-electron chi connectivity index (χ0n) is 7.09. The molecule has 1 aliphatic rings. The molecule has 2 heterocycles. The molecule has 3 rings (SSSR count). The van der Waals surface area contributed by atoms with E-state index < -0.39 is 0 Å². The van der Waals surface area contributed by atoms with Gasteiger partial charge in [0.05, 0.1) is 11.9 Å². The minimum Gasteiger partial charge on any atom is -0.452 e. The van der Waals surface area contributed by atoms with Crippen molar-refractivity contribution in [3.8, 4) is 0 Å². The van der Waals surface area contributed by atoms with Crippen molar-refractivity contribution in [1.29, 1.82) is 0 Å². The van der Waals surface area contributed by atoms with Crippen LogP contribution >= 0.6 is 0 Å². The molecule has 1 saturated carbocycles. The molecule has 2 aromatic heterocycles. The second-order valence-electron chi connectivity index (χ2n) is 2.87. The van der Waals surface area contributed by atoms with E-state index >= 15 is 0 Å². The van der Waals surface area contributed by atoms with E-state index in [4.69, 9.17) is 0 Å². The minimum absolute atomic E-state index is 0.730. The van der Waals surface area contributed by atoms with Crippen LogP contribution in [0.5, 0.6) is 0 Å². The highest BCUT2D eigenvalue weighted by molar-refractivity contribution is 5.10. The summed E-state index contributed by atoms with van der Waals surface area (Å²) in [4.78, 5) is 3.56. The Morgan fingerprint density at radius 2 is 2.23 bits per heavy atom. The van der Waals surface area contributed by atoms with E-state index in [1.54, 1.807) is 12.5 Å².